The van der Waals surface area contributed by atoms with Crippen LogP contribution < -0.4 is 10.6 Å². The summed E-state index contributed by atoms with van der Waals surface area (Å²) in [5, 5.41) is 7.23. The quantitative estimate of drug-likeness (QED) is 0.708. The molecule has 5 heteroatoms. The maximum Gasteiger partial charge on any atom is 0.229 e. The summed E-state index contributed by atoms with van der Waals surface area (Å²) in [7, 11) is 0. The Morgan fingerprint density at radius 3 is 2.65 bits per heavy atom. The van der Waals surface area contributed by atoms with Crippen LogP contribution in [0.15, 0.2) is 60.8 Å². The van der Waals surface area contributed by atoms with Crippen molar-refractivity contribution in [3.8, 4) is 0 Å². The van der Waals surface area contributed by atoms with Gasteiger partial charge in [-0.25, -0.2) is 4.98 Å². The standard InChI is InChI=1S/C18H17ClN4/c1-13-3-2-4-16(11-13)22-18-20-10-9-17(23-18)21-12-14-5-7-15(19)8-6-14/h2-11H,12H2,1H3,(H2,20,21,22,23). The number of halogens is 1. The predicted octanol–water partition coefficient (Wildman–Crippen LogP) is 4.79. The van der Waals surface area contributed by atoms with Crippen molar-refractivity contribution < 1.29 is 0 Å². The van der Waals surface area contributed by atoms with Crippen molar-refractivity contribution in [2.75, 3.05) is 10.6 Å². The molecule has 23 heavy (non-hydrogen) atoms. The van der Waals surface area contributed by atoms with E-state index in [9.17, 15) is 0 Å². The molecule has 0 aliphatic rings. The highest BCUT2D eigenvalue weighted by atomic mass is 35.5. The predicted molar refractivity (Wildman–Crippen MR) is 95.3 cm³/mol. The first-order chi connectivity index (χ1) is 11.2. The molecule has 3 aromatic rings. The van der Waals surface area contributed by atoms with Crippen molar-refractivity contribution >= 4 is 29.1 Å². The van der Waals surface area contributed by atoms with Gasteiger partial charge in [0.1, 0.15) is 5.82 Å². The molecule has 3 rings (SSSR count). The van der Waals surface area contributed by atoms with Gasteiger partial charge in [-0.2, -0.15) is 4.98 Å². The van der Waals surface area contributed by atoms with Crippen LogP contribution in [-0.2, 0) is 6.54 Å². The molecule has 0 saturated carbocycles. The topological polar surface area (TPSA) is 49.8 Å². The number of rotatable bonds is 5. The Morgan fingerprint density at radius 2 is 1.87 bits per heavy atom. The summed E-state index contributed by atoms with van der Waals surface area (Å²) in [6.07, 6.45) is 1.73. The summed E-state index contributed by atoms with van der Waals surface area (Å²) >= 11 is 5.89. The molecule has 0 radical (unpaired) electrons. The fourth-order valence-electron chi connectivity index (χ4n) is 2.16. The summed E-state index contributed by atoms with van der Waals surface area (Å²) in [5.74, 6) is 1.34. The minimum absolute atomic E-state index is 0.566. The lowest BCUT2D eigenvalue weighted by Gasteiger charge is -2.09. The average molecular weight is 325 g/mol. The zero-order valence-electron chi connectivity index (χ0n) is 12.8. The molecule has 1 aromatic heterocycles. The molecule has 2 N–H and O–H groups in total. The number of hydrogen-bond acceptors (Lipinski definition) is 4. The van der Waals surface area contributed by atoms with Gasteiger partial charge in [-0.1, -0.05) is 35.9 Å². The third kappa shape index (κ3) is 4.44. The fraction of sp³-hybridized carbons (Fsp3) is 0.111. The number of benzene rings is 2. The van der Waals surface area contributed by atoms with Crippen LogP contribution in [0.25, 0.3) is 0 Å². The van der Waals surface area contributed by atoms with Crippen molar-refractivity contribution in [3.63, 3.8) is 0 Å². The van der Waals surface area contributed by atoms with Gasteiger partial charge in [0.25, 0.3) is 0 Å². The molecule has 0 spiro atoms. The van der Waals surface area contributed by atoms with Gasteiger partial charge in [0.2, 0.25) is 5.95 Å². The lowest BCUT2D eigenvalue weighted by atomic mass is 10.2. The van der Waals surface area contributed by atoms with Gasteiger partial charge < -0.3 is 10.6 Å². The van der Waals surface area contributed by atoms with Gasteiger partial charge in [-0.15, -0.1) is 0 Å². The molecule has 0 amide bonds. The van der Waals surface area contributed by atoms with Crippen molar-refractivity contribution in [1.29, 1.82) is 0 Å². The molecule has 0 unspecified atom stereocenters. The molecule has 1 heterocycles. The first-order valence-electron chi connectivity index (χ1n) is 7.34. The largest absolute Gasteiger partial charge is 0.366 e. The molecule has 0 atom stereocenters. The van der Waals surface area contributed by atoms with Crippen LogP contribution in [0, 0.1) is 6.92 Å². The van der Waals surface area contributed by atoms with Gasteiger partial charge in [0.05, 0.1) is 0 Å². The van der Waals surface area contributed by atoms with E-state index in [-0.39, 0.29) is 0 Å². The molecule has 2 aromatic carbocycles. The molecule has 0 bridgehead atoms. The highest BCUT2D eigenvalue weighted by molar-refractivity contribution is 6.30. The second-order valence-corrected chi connectivity index (χ2v) is 5.68. The van der Waals surface area contributed by atoms with E-state index in [1.807, 2.05) is 42.5 Å². The second kappa shape index (κ2) is 7.11. The monoisotopic (exact) mass is 324 g/mol. The van der Waals surface area contributed by atoms with E-state index in [1.165, 1.54) is 5.56 Å². The Balaban J connectivity index is 1.66. The van der Waals surface area contributed by atoms with Crippen LogP contribution in [-0.4, -0.2) is 9.97 Å². The molecule has 0 aliphatic heterocycles. The minimum atomic E-state index is 0.566. The number of anilines is 3. The van der Waals surface area contributed by atoms with E-state index >= 15 is 0 Å². The second-order valence-electron chi connectivity index (χ2n) is 5.24. The van der Waals surface area contributed by atoms with E-state index in [2.05, 4.69) is 39.7 Å². The number of nitrogens with zero attached hydrogens (tertiary/aromatic N) is 2. The lowest BCUT2D eigenvalue weighted by molar-refractivity contribution is 1.08. The Bertz CT molecular complexity index is 787. The third-order valence-electron chi connectivity index (χ3n) is 3.32. The molecule has 0 saturated heterocycles. The van der Waals surface area contributed by atoms with Crippen molar-refractivity contribution in [3.05, 3.63) is 76.9 Å². The van der Waals surface area contributed by atoms with Gasteiger partial charge in [-0.05, 0) is 48.4 Å². The van der Waals surface area contributed by atoms with Crippen LogP contribution in [0.3, 0.4) is 0 Å². The Kier molecular flexibility index (Phi) is 4.74. The number of aromatic nitrogens is 2. The summed E-state index contributed by atoms with van der Waals surface area (Å²) in [6.45, 7) is 2.73. The first-order valence-corrected chi connectivity index (χ1v) is 7.72. The van der Waals surface area contributed by atoms with Gasteiger partial charge >= 0.3 is 0 Å². The maximum absolute atomic E-state index is 5.89. The minimum Gasteiger partial charge on any atom is -0.366 e. The molecule has 0 fully saturated rings. The van der Waals surface area contributed by atoms with Crippen LogP contribution in [0.5, 0.6) is 0 Å². The maximum atomic E-state index is 5.89. The Labute approximate surface area is 140 Å². The average Bonchev–Trinajstić information content (AvgIpc) is 2.55. The third-order valence-corrected chi connectivity index (χ3v) is 3.57. The van der Waals surface area contributed by atoms with E-state index in [1.54, 1.807) is 6.20 Å². The Morgan fingerprint density at radius 1 is 1.04 bits per heavy atom. The van der Waals surface area contributed by atoms with Gasteiger partial charge in [-0.3, -0.25) is 0 Å². The first kappa shape index (κ1) is 15.3. The summed E-state index contributed by atoms with van der Waals surface area (Å²) in [5.41, 5.74) is 3.30. The van der Waals surface area contributed by atoms with Crippen LogP contribution >= 0.6 is 11.6 Å². The van der Waals surface area contributed by atoms with Crippen molar-refractivity contribution in [2.45, 2.75) is 13.5 Å². The fourth-order valence-corrected chi connectivity index (χ4v) is 2.29. The number of hydrogen-bond donors (Lipinski definition) is 2. The summed E-state index contributed by atoms with van der Waals surface area (Å²) in [4.78, 5) is 8.72. The van der Waals surface area contributed by atoms with Gasteiger partial charge in [0, 0.05) is 23.5 Å². The number of nitrogens with one attached hydrogen (secondary N) is 2. The van der Waals surface area contributed by atoms with Crippen LogP contribution in [0.4, 0.5) is 17.5 Å². The molecule has 0 aliphatic carbocycles. The highest BCUT2D eigenvalue weighted by Gasteiger charge is 2.01. The molecular formula is C18H17ClN4. The van der Waals surface area contributed by atoms with Crippen LogP contribution in [0.1, 0.15) is 11.1 Å². The molecule has 116 valence electrons. The Hall–Kier alpha value is -2.59. The zero-order valence-corrected chi connectivity index (χ0v) is 13.5. The van der Waals surface area contributed by atoms with Gasteiger partial charge in [0.15, 0.2) is 0 Å². The van der Waals surface area contributed by atoms with E-state index in [0.717, 1.165) is 22.1 Å². The zero-order chi connectivity index (χ0) is 16.1. The SMILES string of the molecule is Cc1cccc(Nc2nccc(NCc3ccc(Cl)cc3)n2)c1. The lowest BCUT2D eigenvalue weighted by Crippen LogP contribution is -2.04. The highest BCUT2D eigenvalue weighted by Crippen LogP contribution is 2.16. The smallest absolute Gasteiger partial charge is 0.229 e. The summed E-state index contributed by atoms with van der Waals surface area (Å²) < 4.78 is 0. The van der Waals surface area contributed by atoms with E-state index < -0.39 is 0 Å². The van der Waals surface area contributed by atoms with Crippen molar-refractivity contribution in [2.24, 2.45) is 0 Å². The normalized spacial score (nSPS) is 10.3. The van der Waals surface area contributed by atoms with E-state index in [4.69, 9.17) is 11.6 Å². The van der Waals surface area contributed by atoms with Crippen LogP contribution in [0.2, 0.25) is 5.02 Å². The molecule has 4 nitrogen and oxygen atoms in total. The molecular weight excluding hydrogens is 308 g/mol. The summed E-state index contributed by atoms with van der Waals surface area (Å²) in [6, 6.07) is 17.7. The van der Waals surface area contributed by atoms with E-state index in [0.29, 0.717) is 12.5 Å². The van der Waals surface area contributed by atoms with Crippen molar-refractivity contribution in [1.82, 2.24) is 9.97 Å². The number of aryl methyl sites for hydroxylation is 1.